The second-order valence-electron chi connectivity index (χ2n) is 6.61. The fourth-order valence-corrected chi connectivity index (χ4v) is 4.37. The quantitative estimate of drug-likeness (QED) is 0.421. The number of halogens is 1. The first-order valence-electron chi connectivity index (χ1n) is 9.36. The predicted octanol–water partition coefficient (Wildman–Crippen LogP) is 5.39. The van der Waals surface area contributed by atoms with Crippen LogP contribution in [0.15, 0.2) is 77.7 Å². The molecule has 4 aromatic rings. The zero-order valence-corrected chi connectivity index (χ0v) is 17.7. The highest BCUT2D eigenvalue weighted by Gasteiger charge is 2.19. The van der Waals surface area contributed by atoms with E-state index >= 15 is 0 Å². The average molecular weight is 439 g/mol. The molecule has 0 aliphatic rings. The van der Waals surface area contributed by atoms with Gasteiger partial charge in [0.25, 0.3) is 10.0 Å². The lowest BCUT2D eigenvalue weighted by molar-refractivity contribution is 0.601. The molecule has 0 saturated carbocycles. The minimum atomic E-state index is -3.91. The molecular formula is C22H19ClN4O2S. The number of nitrogens with one attached hydrogen (secondary N) is 2. The van der Waals surface area contributed by atoms with Gasteiger partial charge in [0.15, 0.2) is 11.6 Å². The van der Waals surface area contributed by atoms with Gasteiger partial charge < -0.3 is 5.32 Å². The smallest absolute Gasteiger partial charge is 0.263 e. The molecule has 2 N–H and O–H groups in total. The monoisotopic (exact) mass is 438 g/mol. The third kappa shape index (κ3) is 4.22. The Labute approximate surface area is 180 Å². The van der Waals surface area contributed by atoms with E-state index in [0.717, 1.165) is 17.7 Å². The summed E-state index contributed by atoms with van der Waals surface area (Å²) in [4.78, 5) is 9.17. The van der Waals surface area contributed by atoms with Crippen molar-refractivity contribution < 1.29 is 8.42 Å². The Morgan fingerprint density at radius 1 is 0.867 bits per heavy atom. The van der Waals surface area contributed by atoms with Crippen LogP contribution in [0, 0.1) is 0 Å². The number of nitrogens with zero attached hydrogens (tertiary/aromatic N) is 2. The number of hydrogen-bond donors (Lipinski definition) is 2. The molecule has 0 aliphatic heterocycles. The Morgan fingerprint density at radius 2 is 1.53 bits per heavy atom. The highest BCUT2D eigenvalue weighted by Crippen LogP contribution is 2.29. The first kappa shape index (κ1) is 20.1. The lowest BCUT2D eigenvalue weighted by atomic mass is 10.1. The third-order valence-electron chi connectivity index (χ3n) is 4.56. The number of benzene rings is 3. The average Bonchev–Trinajstić information content (AvgIpc) is 2.74. The van der Waals surface area contributed by atoms with Crippen LogP contribution < -0.4 is 10.0 Å². The molecule has 0 radical (unpaired) electrons. The fraction of sp³-hybridized carbons (Fsp3) is 0.0909. The first-order chi connectivity index (χ1) is 14.5. The third-order valence-corrected chi connectivity index (χ3v) is 6.13. The van der Waals surface area contributed by atoms with Gasteiger partial charge in [0.05, 0.1) is 15.9 Å². The molecule has 0 amide bonds. The molecule has 0 spiro atoms. The number of aryl methyl sites for hydroxylation is 1. The van der Waals surface area contributed by atoms with E-state index in [1.165, 1.54) is 12.1 Å². The van der Waals surface area contributed by atoms with Gasteiger partial charge in [-0.1, -0.05) is 54.9 Å². The number of para-hydroxylation sites is 3. The van der Waals surface area contributed by atoms with E-state index in [1.54, 1.807) is 18.2 Å². The Morgan fingerprint density at radius 3 is 2.23 bits per heavy atom. The molecule has 30 heavy (non-hydrogen) atoms. The zero-order chi connectivity index (χ0) is 21.1. The first-order valence-corrected chi connectivity index (χ1v) is 11.2. The van der Waals surface area contributed by atoms with E-state index in [-0.39, 0.29) is 10.7 Å². The van der Waals surface area contributed by atoms with E-state index in [4.69, 9.17) is 11.6 Å². The van der Waals surface area contributed by atoms with Gasteiger partial charge in [-0.3, -0.25) is 4.72 Å². The molecule has 0 aliphatic carbocycles. The minimum Gasteiger partial charge on any atom is -0.337 e. The molecular weight excluding hydrogens is 420 g/mol. The van der Waals surface area contributed by atoms with Gasteiger partial charge in [0.2, 0.25) is 0 Å². The van der Waals surface area contributed by atoms with Crippen molar-refractivity contribution in [2.24, 2.45) is 0 Å². The van der Waals surface area contributed by atoms with Gasteiger partial charge in [0.1, 0.15) is 0 Å². The number of rotatable bonds is 6. The lowest BCUT2D eigenvalue weighted by Crippen LogP contribution is -2.16. The number of fused-ring (bicyclic) bond motifs is 1. The molecule has 1 aromatic heterocycles. The Bertz CT molecular complexity index is 1330. The van der Waals surface area contributed by atoms with Crippen molar-refractivity contribution >= 4 is 50.0 Å². The molecule has 0 atom stereocenters. The topological polar surface area (TPSA) is 84.0 Å². The van der Waals surface area contributed by atoms with Crippen LogP contribution in [0.1, 0.15) is 12.5 Å². The van der Waals surface area contributed by atoms with Crippen molar-refractivity contribution in [3.05, 3.63) is 83.4 Å². The molecule has 152 valence electrons. The summed E-state index contributed by atoms with van der Waals surface area (Å²) in [6.07, 6.45) is 0.813. The van der Waals surface area contributed by atoms with Crippen LogP contribution in [0.4, 0.5) is 17.3 Å². The fourth-order valence-electron chi connectivity index (χ4n) is 3.06. The summed E-state index contributed by atoms with van der Waals surface area (Å²) in [5, 5.41) is 3.57. The van der Waals surface area contributed by atoms with Gasteiger partial charge in [-0.05, 0) is 48.4 Å². The Kier molecular flexibility index (Phi) is 5.57. The van der Waals surface area contributed by atoms with Crippen LogP contribution in [-0.4, -0.2) is 18.4 Å². The Hall–Kier alpha value is -3.16. The molecule has 3 aromatic carbocycles. The van der Waals surface area contributed by atoms with E-state index < -0.39 is 10.0 Å². The van der Waals surface area contributed by atoms with Gasteiger partial charge in [-0.25, -0.2) is 18.4 Å². The SMILES string of the molecule is CCc1ccccc1Nc1nc2ccccc2nc1NS(=O)(=O)c1cccc(Cl)c1. The number of anilines is 3. The second-order valence-corrected chi connectivity index (χ2v) is 8.73. The predicted molar refractivity (Wildman–Crippen MR) is 121 cm³/mol. The minimum absolute atomic E-state index is 0.0462. The van der Waals surface area contributed by atoms with Crippen molar-refractivity contribution in [3.8, 4) is 0 Å². The summed E-state index contributed by atoms with van der Waals surface area (Å²) in [6, 6.07) is 21.1. The molecule has 4 rings (SSSR count). The van der Waals surface area contributed by atoms with E-state index in [9.17, 15) is 8.42 Å². The second kappa shape index (κ2) is 8.30. The summed E-state index contributed by atoms with van der Waals surface area (Å²) in [7, 11) is -3.91. The molecule has 0 unspecified atom stereocenters. The van der Waals surface area contributed by atoms with Crippen molar-refractivity contribution in [2.75, 3.05) is 10.0 Å². The van der Waals surface area contributed by atoms with Gasteiger partial charge >= 0.3 is 0 Å². The van der Waals surface area contributed by atoms with Crippen LogP contribution in [0.5, 0.6) is 0 Å². The maximum atomic E-state index is 13.0. The van der Waals surface area contributed by atoms with E-state index in [0.29, 0.717) is 21.9 Å². The molecule has 0 bridgehead atoms. The van der Waals surface area contributed by atoms with Crippen LogP contribution in [0.2, 0.25) is 5.02 Å². The van der Waals surface area contributed by atoms with Gasteiger partial charge in [-0.15, -0.1) is 0 Å². The van der Waals surface area contributed by atoms with Crippen LogP contribution in [0.25, 0.3) is 11.0 Å². The van der Waals surface area contributed by atoms with Gasteiger partial charge in [-0.2, -0.15) is 0 Å². The zero-order valence-electron chi connectivity index (χ0n) is 16.1. The summed E-state index contributed by atoms with van der Waals surface area (Å²) >= 11 is 5.97. The molecule has 8 heteroatoms. The standard InChI is InChI=1S/C22H19ClN4O2S/c1-2-15-8-3-4-11-18(15)24-21-22(26-20-13-6-5-12-19(20)25-21)27-30(28,29)17-10-7-9-16(23)14-17/h3-14H,2H2,1H3,(H,24,25)(H,26,27). The van der Waals surface area contributed by atoms with Crippen LogP contribution in [-0.2, 0) is 16.4 Å². The van der Waals surface area contributed by atoms with Crippen molar-refractivity contribution in [2.45, 2.75) is 18.2 Å². The van der Waals surface area contributed by atoms with Crippen LogP contribution in [0.3, 0.4) is 0 Å². The number of hydrogen-bond acceptors (Lipinski definition) is 5. The highest BCUT2D eigenvalue weighted by atomic mass is 35.5. The molecule has 0 fully saturated rings. The normalized spacial score (nSPS) is 11.4. The summed E-state index contributed by atoms with van der Waals surface area (Å²) in [5.41, 5.74) is 3.15. The number of sulfonamides is 1. The van der Waals surface area contributed by atoms with Crippen molar-refractivity contribution in [3.63, 3.8) is 0 Å². The molecule has 1 heterocycles. The molecule has 6 nitrogen and oxygen atoms in total. The maximum absolute atomic E-state index is 13.0. The van der Waals surface area contributed by atoms with Crippen molar-refractivity contribution in [1.29, 1.82) is 0 Å². The summed E-state index contributed by atoms with van der Waals surface area (Å²) in [5.74, 6) is 0.430. The molecule has 0 saturated heterocycles. The maximum Gasteiger partial charge on any atom is 0.263 e. The van der Waals surface area contributed by atoms with Gasteiger partial charge in [0, 0.05) is 10.7 Å². The summed E-state index contributed by atoms with van der Waals surface area (Å²) in [6.45, 7) is 2.05. The van der Waals surface area contributed by atoms with E-state index in [1.807, 2.05) is 42.5 Å². The van der Waals surface area contributed by atoms with Crippen LogP contribution >= 0.6 is 11.6 Å². The largest absolute Gasteiger partial charge is 0.337 e. The summed E-state index contributed by atoms with van der Waals surface area (Å²) < 4.78 is 28.5. The van der Waals surface area contributed by atoms with E-state index in [2.05, 4.69) is 26.9 Å². The lowest BCUT2D eigenvalue weighted by Gasteiger charge is -2.15. The highest BCUT2D eigenvalue weighted by molar-refractivity contribution is 7.92. The van der Waals surface area contributed by atoms with Crippen molar-refractivity contribution in [1.82, 2.24) is 9.97 Å². The number of aromatic nitrogens is 2. The Balaban J connectivity index is 1.80.